The largest absolute Gasteiger partial charge is 0.368 e. The minimum Gasteiger partial charge on any atom is -0.368 e. The van der Waals surface area contributed by atoms with Crippen LogP contribution in [0.25, 0.3) is 0 Å². The van der Waals surface area contributed by atoms with Crippen molar-refractivity contribution in [1.29, 1.82) is 0 Å². The molecule has 0 atom stereocenters. The van der Waals surface area contributed by atoms with Crippen LogP contribution in [-0.2, 0) is 22.4 Å². The summed E-state index contributed by atoms with van der Waals surface area (Å²) >= 11 is 0. The average Bonchev–Trinajstić information content (AvgIpc) is 3.05. The van der Waals surface area contributed by atoms with E-state index in [2.05, 4.69) is 182 Å². The minimum absolute atomic E-state index is 0. The number of benzene rings is 6. The molecule has 6 rings (SSSR count). The van der Waals surface area contributed by atoms with Crippen molar-refractivity contribution in [3.8, 4) is 0 Å². The molecule has 6 aromatic rings. The van der Waals surface area contributed by atoms with Crippen LogP contribution >= 0.6 is 15.8 Å². The van der Waals surface area contributed by atoms with Crippen molar-refractivity contribution in [1.82, 2.24) is 0 Å². The van der Waals surface area contributed by atoms with Gasteiger partial charge in [-0.25, -0.2) is 0 Å². The zero-order valence-corrected chi connectivity index (χ0v) is 27.6. The summed E-state index contributed by atoms with van der Waals surface area (Å²) in [6, 6.07) is 65.0. The maximum absolute atomic E-state index is 7.61. The van der Waals surface area contributed by atoms with E-state index in [0.717, 1.165) is 0 Å². The maximum Gasteiger partial charge on any atom is 0.148 e. The Bertz CT molecular complexity index is 1230. The van der Waals surface area contributed by atoms with Gasteiger partial charge in [-0.1, -0.05) is 109 Å². The van der Waals surface area contributed by atoms with Crippen LogP contribution in [0.2, 0.25) is 0 Å². The molecule has 1 radical (unpaired) electrons. The van der Waals surface area contributed by atoms with E-state index in [0.29, 0.717) is 0 Å². The van der Waals surface area contributed by atoms with Crippen molar-refractivity contribution < 1.29 is 32.6 Å². The van der Waals surface area contributed by atoms with Gasteiger partial charge in [0.2, 0.25) is 0 Å². The van der Waals surface area contributed by atoms with Gasteiger partial charge in [0, 0.05) is 22.4 Å². The molecule has 2 nitrogen and oxygen atoms in total. The van der Waals surface area contributed by atoms with Crippen LogP contribution in [0, 0.1) is 0 Å². The first-order chi connectivity index (χ1) is 20.6. The first kappa shape index (κ1) is 34.3. The molecule has 0 saturated carbocycles. The van der Waals surface area contributed by atoms with Gasteiger partial charge >= 0.3 is 0 Å². The summed E-state index contributed by atoms with van der Waals surface area (Å²) in [5, 5.41) is 23.8. The molecule has 221 valence electrons. The first-order valence-electron chi connectivity index (χ1n) is 14.1. The van der Waals surface area contributed by atoms with Crippen molar-refractivity contribution in [3.63, 3.8) is 0 Å². The summed E-state index contributed by atoms with van der Waals surface area (Å²) in [5.41, 5.74) is 0. The fraction of sp³-hybridized carbons (Fsp3) is 0.0526. The average molecular weight is 697 g/mol. The van der Waals surface area contributed by atoms with Crippen molar-refractivity contribution in [2.75, 3.05) is 0 Å². The summed E-state index contributed by atoms with van der Waals surface area (Å²) in [4.78, 5) is 0. The Morgan fingerprint density at radius 3 is 0.558 bits per heavy atom. The standard InChI is InChI=1S/2C18H15P.C2H6O2.Ag/c2*1-4-10-16(11-5-1)19(17-12-6-2-7-13-17)18-14-8-3-9-15-18;1-2(3)4;/h2*1-15H;2-4H,1H3;/p+2. The topological polar surface area (TPSA) is 40.5 Å². The number of hydrogen-bond donors (Lipinski definition) is 2. The molecule has 0 spiro atoms. The molecule has 0 heterocycles. The van der Waals surface area contributed by atoms with Gasteiger partial charge in [-0.3, -0.25) is 0 Å². The van der Waals surface area contributed by atoms with Crippen molar-refractivity contribution in [3.05, 3.63) is 182 Å². The van der Waals surface area contributed by atoms with E-state index in [9.17, 15) is 0 Å². The normalized spacial score (nSPS) is 10.2. The molecule has 5 heteroatoms. The van der Waals surface area contributed by atoms with Crippen LogP contribution in [0.15, 0.2) is 182 Å². The minimum atomic E-state index is -1.17. The first-order valence-corrected chi connectivity index (χ1v) is 17.1. The van der Waals surface area contributed by atoms with Gasteiger partial charge in [0.1, 0.15) is 38.1 Å². The zero-order valence-electron chi connectivity index (χ0n) is 24.1. The Morgan fingerprint density at radius 1 is 0.326 bits per heavy atom. The Kier molecular flexibility index (Phi) is 15.3. The molecule has 43 heavy (non-hydrogen) atoms. The zero-order chi connectivity index (χ0) is 29.4. The summed E-state index contributed by atoms with van der Waals surface area (Å²) in [6.07, 6.45) is -1.17. The third kappa shape index (κ3) is 11.1. The van der Waals surface area contributed by atoms with Crippen molar-refractivity contribution in [2.45, 2.75) is 13.2 Å². The van der Waals surface area contributed by atoms with Crippen LogP contribution in [-0.4, -0.2) is 16.5 Å². The van der Waals surface area contributed by atoms with Gasteiger partial charge in [0.25, 0.3) is 0 Å². The third-order valence-corrected chi connectivity index (χ3v) is 11.8. The fourth-order valence-electron chi connectivity index (χ4n) is 4.63. The van der Waals surface area contributed by atoms with Gasteiger partial charge < -0.3 is 10.2 Å². The SMILES string of the molecule is CC(O)O.[Ag].c1ccc([PH+](c2ccccc2)c2ccccc2)cc1.c1ccc([PH+](c2ccccc2)c2ccccc2)cc1. The van der Waals surface area contributed by atoms with E-state index in [4.69, 9.17) is 10.2 Å². The predicted octanol–water partition coefficient (Wildman–Crippen LogP) is 5.67. The van der Waals surface area contributed by atoms with Crippen LogP contribution in [0.5, 0.6) is 0 Å². The van der Waals surface area contributed by atoms with Gasteiger partial charge in [-0.05, 0) is 79.7 Å². The smallest absolute Gasteiger partial charge is 0.148 e. The van der Waals surface area contributed by atoms with E-state index in [-0.39, 0.29) is 22.4 Å². The Morgan fingerprint density at radius 2 is 0.442 bits per heavy atom. The van der Waals surface area contributed by atoms with Crippen molar-refractivity contribution >= 4 is 47.7 Å². The molecule has 0 aromatic heterocycles. The molecular formula is C38H38AgO2P2+2. The number of rotatable bonds is 6. The predicted molar refractivity (Wildman–Crippen MR) is 187 cm³/mol. The van der Waals surface area contributed by atoms with Gasteiger partial charge in [0.05, 0.1) is 15.8 Å². The number of aliphatic hydroxyl groups is 2. The van der Waals surface area contributed by atoms with E-state index in [1.54, 1.807) is 0 Å². The second kappa shape index (κ2) is 19.2. The summed E-state index contributed by atoms with van der Waals surface area (Å²) in [6.45, 7) is 1.28. The molecule has 2 N–H and O–H groups in total. The molecule has 0 fully saturated rings. The Balaban J connectivity index is 0.000000206. The van der Waals surface area contributed by atoms with Crippen LogP contribution in [0.4, 0.5) is 0 Å². The maximum atomic E-state index is 7.61. The summed E-state index contributed by atoms with van der Waals surface area (Å²) in [5.74, 6) is 0. The number of aliphatic hydroxyl groups excluding tert-OH is 1. The molecular weight excluding hydrogens is 658 g/mol. The Labute approximate surface area is 274 Å². The third-order valence-electron chi connectivity index (χ3n) is 6.37. The molecule has 6 aromatic carbocycles. The van der Waals surface area contributed by atoms with E-state index < -0.39 is 22.1 Å². The molecule has 0 aliphatic carbocycles. The molecule has 0 unspecified atom stereocenters. The van der Waals surface area contributed by atoms with Crippen molar-refractivity contribution in [2.24, 2.45) is 0 Å². The van der Waals surface area contributed by atoms with E-state index in [1.807, 2.05) is 0 Å². The van der Waals surface area contributed by atoms with Gasteiger partial charge in [0.15, 0.2) is 0 Å². The van der Waals surface area contributed by atoms with Crippen LogP contribution in [0.1, 0.15) is 6.92 Å². The summed E-state index contributed by atoms with van der Waals surface area (Å²) in [7, 11) is -1.75. The molecule has 0 aliphatic heterocycles. The van der Waals surface area contributed by atoms with Crippen LogP contribution in [0.3, 0.4) is 0 Å². The monoisotopic (exact) mass is 695 g/mol. The van der Waals surface area contributed by atoms with Gasteiger partial charge in [-0.2, -0.15) is 0 Å². The molecule has 0 aliphatic rings. The fourth-order valence-corrected chi connectivity index (χ4v) is 9.78. The second-order valence-corrected chi connectivity index (χ2v) is 14.5. The number of hydrogen-bond acceptors (Lipinski definition) is 2. The second-order valence-electron chi connectivity index (χ2n) is 9.58. The quantitative estimate of drug-likeness (QED) is 0.134. The molecule has 0 amide bonds. The molecule has 0 bridgehead atoms. The molecule has 0 saturated heterocycles. The van der Waals surface area contributed by atoms with Crippen LogP contribution < -0.4 is 31.8 Å². The van der Waals surface area contributed by atoms with E-state index in [1.165, 1.54) is 38.8 Å². The van der Waals surface area contributed by atoms with Gasteiger partial charge in [-0.15, -0.1) is 0 Å². The Hall–Kier alpha value is -3.16. The summed E-state index contributed by atoms with van der Waals surface area (Å²) < 4.78 is 0. The van der Waals surface area contributed by atoms with E-state index >= 15 is 0 Å².